The molecule has 8 heteroatoms. The summed E-state index contributed by atoms with van der Waals surface area (Å²) in [5.41, 5.74) is 1.30. The Morgan fingerprint density at radius 1 is 1.04 bits per heavy atom. The van der Waals surface area contributed by atoms with E-state index in [2.05, 4.69) is 62.6 Å². The minimum atomic E-state index is 0. The van der Waals surface area contributed by atoms with Crippen LogP contribution in [0.2, 0.25) is 0 Å². The zero-order chi connectivity index (χ0) is 18.5. The van der Waals surface area contributed by atoms with Crippen molar-refractivity contribution in [2.75, 3.05) is 31.1 Å². The summed E-state index contributed by atoms with van der Waals surface area (Å²) in [5, 5.41) is 12.5. The number of tetrazole rings is 1. The Kier molecular flexibility index (Phi) is 7.06. The third-order valence-corrected chi connectivity index (χ3v) is 5.18. The highest BCUT2D eigenvalue weighted by atomic mass is 35.5. The van der Waals surface area contributed by atoms with Gasteiger partial charge in [-0.3, -0.25) is 4.90 Å². The minimum absolute atomic E-state index is 0. The van der Waals surface area contributed by atoms with Gasteiger partial charge in [-0.15, -0.1) is 17.5 Å². The summed E-state index contributed by atoms with van der Waals surface area (Å²) < 4.78 is 7.35. The molecule has 1 saturated heterocycles. The molecule has 3 heterocycles. The van der Waals surface area contributed by atoms with Crippen molar-refractivity contribution in [2.24, 2.45) is 0 Å². The van der Waals surface area contributed by atoms with Gasteiger partial charge < -0.3 is 9.32 Å². The number of aromatic nitrogens is 4. The highest BCUT2D eigenvalue weighted by Crippen LogP contribution is 2.26. The summed E-state index contributed by atoms with van der Waals surface area (Å²) in [5.74, 6) is 1.80. The lowest BCUT2D eigenvalue weighted by Crippen LogP contribution is -2.48. The molecule has 1 unspecified atom stereocenters. The number of halogens is 1. The molecule has 4 rings (SSSR count). The van der Waals surface area contributed by atoms with Crippen LogP contribution >= 0.6 is 12.4 Å². The van der Waals surface area contributed by atoms with Gasteiger partial charge in [0.15, 0.2) is 5.82 Å². The van der Waals surface area contributed by atoms with Crippen LogP contribution in [0.1, 0.15) is 37.4 Å². The quantitative estimate of drug-likeness (QED) is 0.603. The van der Waals surface area contributed by atoms with Gasteiger partial charge in [0.25, 0.3) is 0 Å². The van der Waals surface area contributed by atoms with Gasteiger partial charge in [0.1, 0.15) is 12.3 Å². The molecule has 28 heavy (non-hydrogen) atoms. The average molecular weight is 403 g/mol. The fourth-order valence-electron chi connectivity index (χ4n) is 3.79. The molecule has 0 saturated carbocycles. The molecule has 1 aliphatic rings. The fraction of sp³-hybridized carbons (Fsp3) is 0.450. The molecular formula is C20H27ClN6O. The lowest BCUT2D eigenvalue weighted by atomic mass is 10.1. The van der Waals surface area contributed by atoms with Crippen molar-refractivity contribution in [3.8, 4) is 0 Å². The van der Waals surface area contributed by atoms with Gasteiger partial charge in [-0.2, -0.15) is 0 Å². The van der Waals surface area contributed by atoms with E-state index in [0.29, 0.717) is 6.54 Å². The third kappa shape index (κ3) is 4.54. The number of furan rings is 1. The number of hydrogen-bond donors (Lipinski definition) is 0. The second-order valence-electron chi connectivity index (χ2n) is 6.94. The minimum Gasteiger partial charge on any atom is -0.467 e. The van der Waals surface area contributed by atoms with Crippen molar-refractivity contribution in [2.45, 2.75) is 32.4 Å². The van der Waals surface area contributed by atoms with Gasteiger partial charge >= 0.3 is 0 Å². The maximum atomic E-state index is 5.47. The van der Waals surface area contributed by atoms with Crippen molar-refractivity contribution >= 4 is 18.1 Å². The van der Waals surface area contributed by atoms with E-state index >= 15 is 0 Å². The molecule has 1 fully saturated rings. The largest absolute Gasteiger partial charge is 0.467 e. The normalized spacial score (nSPS) is 16.0. The van der Waals surface area contributed by atoms with Crippen LogP contribution in [0.3, 0.4) is 0 Å². The van der Waals surface area contributed by atoms with E-state index in [1.54, 1.807) is 6.26 Å². The SMILES string of the molecule is CCCC(c1nnnn1Cc1ccco1)N1CCN(c2ccccc2)CC1.Cl. The number of anilines is 1. The standard InChI is InChI=1S/C20H26N6O.ClH/c1-2-7-19(20-21-22-23-26(20)16-18-10-6-15-27-18)25-13-11-24(12-14-25)17-8-4-3-5-9-17;/h3-6,8-10,15,19H,2,7,11-14,16H2,1H3;1H. The Hall–Kier alpha value is -2.38. The Labute approximate surface area is 171 Å². The van der Waals surface area contributed by atoms with Gasteiger partial charge in [0.2, 0.25) is 0 Å². The molecule has 0 aliphatic carbocycles. The van der Waals surface area contributed by atoms with E-state index in [1.807, 2.05) is 16.8 Å². The summed E-state index contributed by atoms with van der Waals surface area (Å²) in [6, 6.07) is 14.7. The van der Waals surface area contributed by atoms with Crippen LogP contribution in [-0.2, 0) is 6.54 Å². The molecule has 1 aromatic carbocycles. The summed E-state index contributed by atoms with van der Waals surface area (Å²) in [7, 11) is 0. The second kappa shape index (κ2) is 9.71. The molecule has 2 aromatic heterocycles. The van der Waals surface area contributed by atoms with Gasteiger partial charge in [-0.1, -0.05) is 31.5 Å². The first-order chi connectivity index (χ1) is 13.3. The number of piperazine rings is 1. The van der Waals surface area contributed by atoms with E-state index < -0.39 is 0 Å². The zero-order valence-electron chi connectivity index (χ0n) is 16.1. The Bertz CT molecular complexity index is 814. The molecule has 7 nitrogen and oxygen atoms in total. The molecule has 0 amide bonds. The van der Waals surface area contributed by atoms with Gasteiger partial charge in [-0.05, 0) is 41.1 Å². The predicted molar refractivity (Wildman–Crippen MR) is 111 cm³/mol. The first kappa shape index (κ1) is 20.4. The highest BCUT2D eigenvalue weighted by Gasteiger charge is 2.28. The summed E-state index contributed by atoms with van der Waals surface area (Å²) in [6.45, 7) is 6.84. The van der Waals surface area contributed by atoms with Gasteiger partial charge in [-0.25, -0.2) is 4.68 Å². The predicted octanol–water partition coefficient (Wildman–Crippen LogP) is 3.40. The molecule has 1 aliphatic heterocycles. The van der Waals surface area contributed by atoms with Crippen LogP contribution in [0.25, 0.3) is 0 Å². The Balaban J connectivity index is 0.00000225. The number of rotatable bonds is 7. The molecule has 1 atom stereocenters. The average Bonchev–Trinajstić information content (AvgIpc) is 3.40. The summed E-state index contributed by atoms with van der Waals surface area (Å²) in [6.07, 6.45) is 3.83. The first-order valence-corrected chi connectivity index (χ1v) is 9.67. The number of benzene rings is 1. The monoisotopic (exact) mass is 402 g/mol. The molecule has 150 valence electrons. The Morgan fingerprint density at radius 2 is 1.82 bits per heavy atom. The second-order valence-corrected chi connectivity index (χ2v) is 6.94. The van der Waals surface area contributed by atoms with Crippen LogP contribution in [0, 0.1) is 0 Å². The summed E-state index contributed by atoms with van der Waals surface area (Å²) in [4.78, 5) is 4.97. The highest BCUT2D eigenvalue weighted by molar-refractivity contribution is 5.85. The van der Waals surface area contributed by atoms with E-state index in [4.69, 9.17) is 4.42 Å². The van der Waals surface area contributed by atoms with Crippen LogP contribution in [0.5, 0.6) is 0 Å². The van der Waals surface area contributed by atoms with Gasteiger partial charge in [0.05, 0.1) is 12.3 Å². The molecule has 3 aromatic rings. The van der Waals surface area contributed by atoms with Crippen molar-refractivity contribution in [3.05, 3.63) is 60.3 Å². The number of para-hydroxylation sites is 1. The summed E-state index contributed by atoms with van der Waals surface area (Å²) >= 11 is 0. The van der Waals surface area contributed by atoms with E-state index in [1.165, 1.54) is 5.69 Å². The van der Waals surface area contributed by atoms with E-state index in [-0.39, 0.29) is 18.4 Å². The third-order valence-electron chi connectivity index (χ3n) is 5.18. The lowest BCUT2D eigenvalue weighted by Gasteiger charge is -2.39. The van der Waals surface area contributed by atoms with E-state index in [0.717, 1.165) is 50.6 Å². The van der Waals surface area contributed by atoms with Crippen molar-refractivity contribution in [3.63, 3.8) is 0 Å². The van der Waals surface area contributed by atoms with Crippen molar-refractivity contribution in [1.29, 1.82) is 0 Å². The topological polar surface area (TPSA) is 63.2 Å². The maximum Gasteiger partial charge on any atom is 0.168 e. The van der Waals surface area contributed by atoms with Crippen LogP contribution in [0.4, 0.5) is 5.69 Å². The zero-order valence-corrected chi connectivity index (χ0v) is 17.0. The van der Waals surface area contributed by atoms with Crippen LogP contribution in [-0.4, -0.2) is 51.3 Å². The molecule has 0 bridgehead atoms. The maximum absolute atomic E-state index is 5.47. The van der Waals surface area contributed by atoms with Crippen LogP contribution in [0.15, 0.2) is 53.1 Å². The molecule has 0 radical (unpaired) electrons. The lowest BCUT2D eigenvalue weighted by molar-refractivity contribution is 0.164. The number of nitrogens with zero attached hydrogens (tertiary/aromatic N) is 6. The van der Waals surface area contributed by atoms with Crippen LogP contribution < -0.4 is 4.90 Å². The van der Waals surface area contributed by atoms with Crippen molar-refractivity contribution in [1.82, 2.24) is 25.1 Å². The fourth-order valence-corrected chi connectivity index (χ4v) is 3.79. The first-order valence-electron chi connectivity index (χ1n) is 9.67. The number of hydrogen-bond acceptors (Lipinski definition) is 6. The smallest absolute Gasteiger partial charge is 0.168 e. The van der Waals surface area contributed by atoms with Crippen molar-refractivity contribution < 1.29 is 4.42 Å². The van der Waals surface area contributed by atoms with E-state index in [9.17, 15) is 0 Å². The van der Waals surface area contributed by atoms with Gasteiger partial charge in [0, 0.05) is 31.9 Å². The molecular weight excluding hydrogens is 376 g/mol. The Morgan fingerprint density at radius 3 is 2.50 bits per heavy atom. The molecule has 0 spiro atoms. The molecule has 0 N–H and O–H groups in total.